The SMILES string of the molecule is CC1CCC(C2CCC(C3CC4OC(C3)C4F)CC2)CC1. The first-order valence-electron chi connectivity index (χ1n) is 9.50. The van der Waals surface area contributed by atoms with Crippen LogP contribution in [0.3, 0.4) is 0 Å². The smallest absolute Gasteiger partial charge is 0.152 e. The van der Waals surface area contributed by atoms with Crippen LogP contribution in [-0.4, -0.2) is 18.4 Å². The number of fused-ring (bicyclic) bond motifs is 2. The second-order valence-corrected chi connectivity index (χ2v) is 8.58. The van der Waals surface area contributed by atoms with Crippen LogP contribution in [0.2, 0.25) is 0 Å². The predicted octanol–water partition coefficient (Wildman–Crippen LogP) is 5.13. The van der Waals surface area contributed by atoms with Gasteiger partial charge in [0.25, 0.3) is 0 Å². The average molecular weight is 294 g/mol. The molecule has 2 bridgehead atoms. The van der Waals surface area contributed by atoms with Crippen LogP contribution in [-0.2, 0) is 4.74 Å². The van der Waals surface area contributed by atoms with E-state index in [0.29, 0.717) is 0 Å². The summed E-state index contributed by atoms with van der Waals surface area (Å²) in [5.74, 6) is 4.66. The maximum absolute atomic E-state index is 13.6. The van der Waals surface area contributed by atoms with Gasteiger partial charge in [-0.3, -0.25) is 0 Å². The minimum absolute atomic E-state index is 0.0358. The largest absolute Gasteiger partial charge is 0.369 e. The Labute approximate surface area is 129 Å². The first-order chi connectivity index (χ1) is 10.2. The van der Waals surface area contributed by atoms with Crippen LogP contribution in [0, 0.1) is 29.6 Å². The van der Waals surface area contributed by atoms with Crippen LogP contribution in [0.25, 0.3) is 0 Å². The van der Waals surface area contributed by atoms with Crippen LogP contribution in [0.5, 0.6) is 0 Å². The molecular weight excluding hydrogens is 263 g/mol. The van der Waals surface area contributed by atoms with Crippen LogP contribution < -0.4 is 0 Å². The summed E-state index contributed by atoms with van der Waals surface area (Å²) in [5, 5.41) is 0. The van der Waals surface area contributed by atoms with E-state index < -0.39 is 6.17 Å². The van der Waals surface area contributed by atoms with Gasteiger partial charge in [-0.05, 0) is 81.0 Å². The highest BCUT2D eigenvalue weighted by Gasteiger charge is 2.51. The first kappa shape index (κ1) is 14.5. The van der Waals surface area contributed by atoms with Crippen LogP contribution in [0.4, 0.5) is 4.39 Å². The average Bonchev–Trinajstić information content (AvgIpc) is 2.55. The van der Waals surface area contributed by atoms with Gasteiger partial charge in [0.2, 0.25) is 0 Å². The molecule has 0 radical (unpaired) electrons. The van der Waals surface area contributed by atoms with Crippen LogP contribution >= 0.6 is 0 Å². The molecule has 2 heterocycles. The van der Waals surface area contributed by atoms with Crippen molar-refractivity contribution in [1.29, 1.82) is 0 Å². The number of hydrogen-bond donors (Lipinski definition) is 0. The summed E-state index contributed by atoms with van der Waals surface area (Å²) >= 11 is 0. The van der Waals surface area contributed by atoms with E-state index in [1.54, 1.807) is 0 Å². The molecule has 0 aromatic rings. The van der Waals surface area contributed by atoms with Gasteiger partial charge in [-0.2, -0.15) is 0 Å². The summed E-state index contributed by atoms with van der Waals surface area (Å²) in [6.45, 7) is 2.42. The Morgan fingerprint density at radius 3 is 1.57 bits per heavy atom. The van der Waals surface area contributed by atoms with Gasteiger partial charge in [-0.15, -0.1) is 0 Å². The minimum atomic E-state index is -0.637. The Bertz CT molecular complexity index is 343. The van der Waals surface area contributed by atoms with Crippen molar-refractivity contribution in [2.24, 2.45) is 29.6 Å². The van der Waals surface area contributed by atoms with Crippen molar-refractivity contribution in [3.63, 3.8) is 0 Å². The molecule has 2 unspecified atom stereocenters. The quantitative estimate of drug-likeness (QED) is 0.685. The van der Waals surface area contributed by atoms with Crippen LogP contribution in [0.1, 0.15) is 71.1 Å². The summed E-state index contributed by atoms with van der Waals surface area (Å²) in [4.78, 5) is 0. The summed E-state index contributed by atoms with van der Waals surface area (Å²) < 4.78 is 19.1. The van der Waals surface area contributed by atoms with Gasteiger partial charge in [0.05, 0.1) is 12.2 Å². The van der Waals surface area contributed by atoms with Crippen molar-refractivity contribution in [3.8, 4) is 0 Å². The number of alkyl halides is 1. The number of halogens is 1. The zero-order chi connectivity index (χ0) is 14.4. The van der Waals surface area contributed by atoms with Crippen molar-refractivity contribution in [3.05, 3.63) is 0 Å². The summed E-state index contributed by atoms with van der Waals surface area (Å²) in [7, 11) is 0. The molecule has 5 fully saturated rings. The molecule has 2 heteroatoms. The van der Waals surface area contributed by atoms with Gasteiger partial charge in [0, 0.05) is 0 Å². The van der Waals surface area contributed by atoms with Crippen molar-refractivity contribution in [2.75, 3.05) is 0 Å². The molecule has 5 aliphatic rings. The molecule has 5 rings (SSSR count). The lowest BCUT2D eigenvalue weighted by Gasteiger charge is -2.51. The molecule has 2 saturated heterocycles. The molecule has 120 valence electrons. The summed E-state index contributed by atoms with van der Waals surface area (Å²) in [6.07, 6.45) is 12.9. The van der Waals surface area contributed by atoms with E-state index >= 15 is 0 Å². The number of ether oxygens (including phenoxy) is 1. The second kappa shape index (κ2) is 5.83. The Balaban J connectivity index is 1.25. The topological polar surface area (TPSA) is 9.23 Å². The molecule has 0 aromatic carbocycles. The lowest BCUT2D eigenvalue weighted by atomic mass is 9.64. The predicted molar refractivity (Wildman–Crippen MR) is 82.9 cm³/mol. The molecule has 0 spiro atoms. The summed E-state index contributed by atoms with van der Waals surface area (Å²) in [5.41, 5.74) is 0. The van der Waals surface area contributed by atoms with E-state index in [1.807, 2.05) is 0 Å². The highest BCUT2D eigenvalue weighted by Crippen LogP contribution is 2.49. The van der Waals surface area contributed by atoms with Crippen molar-refractivity contribution < 1.29 is 9.13 Å². The maximum atomic E-state index is 13.6. The zero-order valence-electron chi connectivity index (χ0n) is 13.5. The molecule has 1 nitrogen and oxygen atoms in total. The van der Waals surface area contributed by atoms with E-state index in [2.05, 4.69) is 6.92 Å². The lowest BCUT2D eigenvalue weighted by molar-refractivity contribution is -0.237. The standard InChI is InChI=1S/C19H31FO/c1-12-2-4-13(5-3-12)14-6-8-15(9-7-14)16-10-17-19(20)18(11-16)21-17/h12-19H,2-11H2,1H3. The van der Waals surface area contributed by atoms with Gasteiger partial charge in [-0.25, -0.2) is 4.39 Å². The molecule has 2 atom stereocenters. The third kappa shape index (κ3) is 2.78. The fourth-order valence-electron chi connectivity index (χ4n) is 5.82. The highest BCUT2D eigenvalue weighted by atomic mass is 19.1. The van der Waals surface area contributed by atoms with Crippen molar-refractivity contribution >= 4 is 0 Å². The molecule has 3 saturated carbocycles. The summed E-state index contributed by atoms with van der Waals surface area (Å²) in [6, 6.07) is 0. The molecule has 21 heavy (non-hydrogen) atoms. The zero-order valence-corrected chi connectivity index (χ0v) is 13.5. The maximum Gasteiger partial charge on any atom is 0.152 e. The van der Waals surface area contributed by atoms with Gasteiger partial charge < -0.3 is 4.74 Å². The molecule has 2 aliphatic heterocycles. The second-order valence-electron chi connectivity index (χ2n) is 8.58. The van der Waals surface area contributed by atoms with Gasteiger partial charge >= 0.3 is 0 Å². The van der Waals surface area contributed by atoms with Gasteiger partial charge in [0.15, 0.2) is 6.17 Å². The van der Waals surface area contributed by atoms with E-state index in [1.165, 1.54) is 51.4 Å². The fourth-order valence-corrected chi connectivity index (χ4v) is 5.82. The lowest BCUT2D eigenvalue weighted by Crippen LogP contribution is -2.57. The highest BCUT2D eigenvalue weighted by molar-refractivity contribution is 4.99. The Hall–Kier alpha value is -0.110. The van der Waals surface area contributed by atoms with E-state index in [9.17, 15) is 4.39 Å². The fraction of sp³-hybridized carbons (Fsp3) is 1.00. The normalized spacial score (nSPS) is 54.0. The Morgan fingerprint density at radius 2 is 1.10 bits per heavy atom. The van der Waals surface area contributed by atoms with Crippen molar-refractivity contribution in [2.45, 2.75) is 89.5 Å². The van der Waals surface area contributed by atoms with Gasteiger partial charge in [-0.1, -0.05) is 19.8 Å². The minimum Gasteiger partial charge on any atom is -0.369 e. The number of hydrogen-bond acceptors (Lipinski definition) is 1. The third-order valence-corrected chi connectivity index (χ3v) is 7.34. The molecule has 0 aromatic heterocycles. The van der Waals surface area contributed by atoms with E-state index in [-0.39, 0.29) is 12.2 Å². The van der Waals surface area contributed by atoms with Crippen LogP contribution in [0.15, 0.2) is 0 Å². The third-order valence-electron chi connectivity index (χ3n) is 7.34. The molecule has 0 amide bonds. The van der Waals surface area contributed by atoms with Crippen molar-refractivity contribution in [1.82, 2.24) is 0 Å². The monoisotopic (exact) mass is 294 g/mol. The Morgan fingerprint density at radius 1 is 0.667 bits per heavy atom. The van der Waals surface area contributed by atoms with E-state index in [0.717, 1.165) is 42.4 Å². The number of rotatable bonds is 2. The van der Waals surface area contributed by atoms with Gasteiger partial charge in [0.1, 0.15) is 0 Å². The molecule has 3 aliphatic carbocycles. The first-order valence-corrected chi connectivity index (χ1v) is 9.50. The molecular formula is C19H31FO. The van der Waals surface area contributed by atoms with E-state index in [4.69, 9.17) is 4.74 Å². The molecule has 0 N–H and O–H groups in total. The Kier molecular flexibility index (Phi) is 4.02.